The lowest BCUT2D eigenvalue weighted by Gasteiger charge is -2.06. The molecule has 0 saturated carbocycles. The van der Waals surface area contributed by atoms with E-state index in [2.05, 4.69) is 58.6 Å². The maximum absolute atomic E-state index is 5.45. The molecule has 24 heavy (non-hydrogen) atoms. The third-order valence-electron chi connectivity index (χ3n) is 3.95. The second-order valence-corrected chi connectivity index (χ2v) is 6.17. The van der Waals surface area contributed by atoms with E-state index in [4.69, 9.17) is 5.73 Å². The molecule has 0 spiro atoms. The Kier molecular flexibility index (Phi) is 17.3. The van der Waals surface area contributed by atoms with Crippen molar-refractivity contribution in [1.82, 2.24) is 0 Å². The normalized spacial score (nSPS) is 10.4. The smallest absolute Gasteiger partial charge is 0.0303 e. The van der Waals surface area contributed by atoms with Crippen molar-refractivity contribution in [2.24, 2.45) is 11.7 Å². The number of benzene rings is 1. The third kappa shape index (κ3) is 11.3. The second-order valence-electron chi connectivity index (χ2n) is 6.17. The van der Waals surface area contributed by atoms with Gasteiger partial charge in [0.1, 0.15) is 0 Å². The van der Waals surface area contributed by atoms with E-state index >= 15 is 0 Å². The molecule has 0 aliphatic carbocycles. The van der Waals surface area contributed by atoms with Crippen LogP contribution >= 0.6 is 0 Å². The molecule has 0 aromatic heterocycles. The van der Waals surface area contributed by atoms with Gasteiger partial charge in [-0.1, -0.05) is 71.9 Å². The highest BCUT2D eigenvalue weighted by Crippen LogP contribution is 2.15. The van der Waals surface area contributed by atoms with Crippen molar-refractivity contribution >= 4 is 0 Å². The van der Waals surface area contributed by atoms with Crippen LogP contribution in [-0.2, 0) is 6.42 Å². The van der Waals surface area contributed by atoms with E-state index in [1.807, 2.05) is 20.8 Å². The zero-order chi connectivity index (χ0) is 19.0. The Balaban J connectivity index is 0. The zero-order valence-corrected chi connectivity index (χ0v) is 17.6. The first-order chi connectivity index (χ1) is 11.5. The SMILES string of the molecule is CC.CC#Cc1c(C)cc(CC)cc1C.CCCCCC(C)CN. The van der Waals surface area contributed by atoms with Crippen LogP contribution in [0.25, 0.3) is 0 Å². The monoisotopic (exact) mass is 331 g/mol. The summed E-state index contributed by atoms with van der Waals surface area (Å²) in [5.41, 5.74) is 10.6. The van der Waals surface area contributed by atoms with Crippen molar-refractivity contribution in [2.75, 3.05) is 6.54 Å². The summed E-state index contributed by atoms with van der Waals surface area (Å²) < 4.78 is 0. The minimum absolute atomic E-state index is 0.733. The van der Waals surface area contributed by atoms with Gasteiger partial charge in [0.2, 0.25) is 0 Å². The van der Waals surface area contributed by atoms with Gasteiger partial charge in [-0.3, -0.25) is 0 Å². The van der Waals surface area contributed by atoms with E-state index in [-0.39, 0.29) is 0 Å². The highest BCUT2D eigenvalue weighted by atomic mass is 14.5. The van der Waals surface area contributed by atoms with Crippen LogP contribution in [0, 0.1) is 31.6 Å². The van der Waals surface area contributed by atoms with E-state index < -0.39 is 0 Å². The van der Waals surface area contributed by atoms with Crippen molar-refractivity contribution in [3.63, 3.8) is 0 Å². The Morgan fingerprint density at radius 3 is 1.96 bits per heavy atom. The van der Waals surface area contributed by atoms with Gasteiger partial charge in [0.05, 0.1) is 0 Å². The van der Waals surface area contributed by atoms with Crippen molar-refractivity contribution in [1.29, 1.82) is 0 Å². The van der Waals surface area contributed by atoms with Crippen molar-refractivity contribution in [2.45, 2.75) is 87.5 Å². The quantitative estimate of drug-likeness (QED) is 0.472. The maximum atomic E-state index is 5.45. The number of unbranched alkanes of at least 4 members (excludes halogenated alkanes) is 2. The molecule has 0 saturated heterocycles. The van der Waals surface area contributed by atoms with Crippen LogP contribution in [0.15, 0.2) is 12.1 Å². The lowest BCUT2D eigenvalue weighted by atomic mass is 9.99. The summed E-state index contributed by atoms with van der Waals surface area (Å²) in [4.78, 5) is 0. The Hall–Kier alpha value is -1.26. The first kappa shape index (κ1) is 25.0. The lowest BCUT2D eigenvalue weighted by Crippen LogP contribution is -2.10. The van der Waals surface area contributed by atoms with Gasteiger partial charge in [-0.2, -0.15) is 0 Å². The molecule has 2 N–H and O–H groups in total. The average Bonchev–Trinajstić information content (AvgIpc) is 2.60. The van der Waals surface area contributed by atoms with Gasteiger partial charge in [0.25, 0.3) is 0 Å². The average molecular weight is 332 g/mol. The first-order valence-electron chi connectivity index (χ1n) is 9.72. The largest absolute Gasteiger partial charge is 0.330 e. The van der Waals surface area contributed by atoms with E-state index in [1.54, 1.807) is 0 Å². The third-order valence-corrected chi connectivity index (χ3v) is 3.95. The van der Waals surface area contributed by atoms with E-state index in [0.29, 0.717) is 0 Å². The molecule has 138 valence electrons. The van der Waals surface area contributed by atoms with Crippen molar-refractivity contribution in [3.05, 3.63) is 34.4 Å². The lowest BCUT2D eigenvalue weighted by molar-refractivity contribution is 0.505. The number of aryl methyl sites for hydroxylation is 3. The summed E-state index contributed by atoms with van der Waals surface area (Å²) in [5, 5.41) is 0. The fourth-order valence-electron chi connectivity index (χ4n) is 2.44. The predicted octanol–water partition coefficient (Wildman–Crippen LogP) is 6.42. The summed E-state index contributed by atoms with van der Waals surface area (Å²) in [5.74, 6) is 6.83. The van der Waals surface area contributed by atoms with Crippen LogP contribution < -0.4 is 5.73 Å². The van der Waals surface area contributed by atoms with Crippen LogP contribution in [0.5, 0.6) is 0 Å². The molecule has 0 fully saturated rings. The first-order valence-corrected chi connectivity index (χ1v) is 9.72. The topological polar surface area (TPSA) is 26.0 Å². The number of rotatable bonds is 6. The molecule has 0 bridgehead atoms. The maximum Gasteiger partial charge on any atom is 0.0303 e. The summed E-state index contributed by atoms with van der Waals surface area (Å²) in [7, 11) is 0. The highest BCUT2D eigenvalue weighted by Gasteiger charge is 2.01. The second kappa shape index (κ2) is 16.6. The standard InChI is InChI=1S/C13H16.C8H19N.C2H6/c1-5-7-13-10(3)8-12(6-2)9-11(13)4;1-3-4-5-6-8(2)7-9;1-2/h8-9H,6H2,1-4H3;8H,3-7,9H2,1-2H3;1-2H3. The van der Waals surface area contributed by atoms with Crippen LogP contribution in [0.4, 0.5) is 0 Å². The Bertz CT molecular complexity index is 454. The molecule has 0 radical (unpaired) electrons. The van der Waals surface area contributed by atoms with Crippen LogP contribution in [0.1, 0.15) is 89.5 Å². The van der Waals surface area contributed by atoms with Gasteiger partial charge in [0, 0.05) is 5.56 Å². The molecule has 0 aliphatic rings. The summed E-state index contributed by atoms with van der Waals surface area (Å²) >= 11 is 0. The van der Waals surface area contributed by atoms with Crippen LogP contribution in [0.2, 0.25) is 0 Å². The van der Waals surface area contributed by atoms with E-state index in [9.17, 15) is 0 Å². The molecule has 1 nitrogen and oxygen atoms in total. The number of nitrogens with two attached hydrogens (primary N) is 1. The fourth-order valence-corrected chi connectivity index (χ4v) is 2.44. The van der Waals surface area contributed by atoms with Crippen molar-refractivity contribution < 1.29 is 0 Å². The molecule has 0 aliphatic heterocycles. The minimum atomic E-state index is 0.733. The Morgan fingerprint density at radius 2 is 1.58 bits per heavy atom. The zero-order valence-electron chi connectivity index (χ0n) is 17.6. The van der Waals surface area contributed by atoms with Gasteiger partial charge in [0.15, 0.2) is 0 Å². The highest BCUT2D eigenvalue weighted by molar-refractivity contribution is 5.48. The van der Waals surface area contributed by atoms with Crippen LogP contribution in [0.3, 0.4) is 0 Å². The summed E-state index contributed by atoms with van der Waals surface area (Å²) in [6.07, 6.45) is 6.45. The molecule has 1 unspecified atom stereocenters. The van der Waals surface area contributed by atoms with Gasteiger partial charge in [-0.25, -0.2) is 0 Å². The number of hydrogen-bond donors (Lipinski definition) is 1. The molecule has 0 heterocycles. The summed E-state index contributed by atoms with van der Waals surface area (Å²) in [6.45, 7) is 17.6. The molecular weight excluding hydrogens is 290 g/mol. The van der Waals surface area contributed by atoms with Crippen molar-refractivity contribution in [3.8, 4) is 11.8 Å². The molecule has 1 aromatic carbocycles. The Labute approximate surface area is 152 Å². The summed E-state index contributed by atoms with van der Waals surface area (Å²) in [6, 6.07) is 4.46. The van der Waals surface area contributed by atoms with E-state index in [1.165, 1.54) is 47.9 Å². The molecular formula is C23H41N. The van der Waals surface area contributed by atoms with Gasteiger partial charge in [-0.05, 0) is 62.8 Å². The van der Waals surface area contributed by atoms with Crippen LogP contribution in [-0.4, -0.2) is 6.54 Å². The Morgan fingerprint density at radius 1 is 1.04 bits per heavy atom. The molecule has 1 heteroatoms. The van der Waals surface area contributed by atoms with Gasteiger partial charge < -0.3 is 5.73 Å². The molecule has 1 rings (SSSR count). The molecule has 0 amide bonds. The van der Waals surface area contributed by atoms with E-state index in [0.717, 1.165) is 18.9 Å². The minimum Gasteiger partial charge on any atom is -0.330 e. The predicted molar refractivity (Wildman–Crippen MR) is 112 cm³/mol. The fraction of sp³-hybridized carbons (Fsp3) is 0.652. The number of hydrogen-bond acceptors (Lipinski definition) is 1. The van der Waals surface area contributed by atoms with Gasteiger partial charge >= 0.3 is 0 Å². The molecule has 1 atom stereocenters. The molecule has 1 aromatic rings. The van der Waals surface area contributed by atoms with Gasteiger partial charge in [-0.15, -0.1) is 5.92 Å².